The van der Waals surface area contributed by atoms with E-state index >= 15 is 0 Å². The van der Waals surface area contributed by atoms with Crippen molar-refractivity contribution in [3.05, 3.63) is 70.5 Å². The Balaban J connectivity index is 2.24. The highest BCUT2D eigenvalue weighted by molar-refractivity contribution is 5.32. The van der Waals surface area contributed by atoms with Crippen LogP contribution in [-0.2, 0) is 6.42 Å². The van der Waals surface area contributed by atoms with Gasteiger partial charge in [-0.15, -0.1) is 0 Å². The second kappa shape index (κ2) is 5.98. The summed E-state index contributed by atoms with van der Waals surface area (Å²) in [6, 6.07) is 13.6. The van der Waals surface area contributed by atoms with E-state index in [1.807, 2.05) is 20.0 Å². The van der Waals surface area contributed by atoms with Gasteiger partial charge >= 0.3 is 0 Å². The smallest absolute Gasteiger partial charge is 0.123 e. The molecule has 0 spiro atoms. The molecule has 0 aliphatic rings. The second-order valence-electron chi connectivity index (χ2n) is 5.03. The molecule has 0 saturated carbocycles. The SMILES string of the molecule is CNC(Cc1ccc(C)cc1)c1cc(F)ccc1C. The topological polar surface area (TPSA) is 12.0 Å². The van der Waals surface area contributed by atoms with Crippen LogP contribution in [0.2, 0.25) is 0 Å². The maximum absolute atomic E-state index is 13.4. The van der Waals surface area contributed by atoms with Crippen molar-refractivity contribution < 1.29 is 4.39 Å². The van der Waals surface area contributed by atoms with Crippen molar-refractivity contribution in [1.82, 2.24) is 5.32 Å². The molecule has 0 radical (unpaired) electrons. The molecule has 0 fully saturated rings. The van der Waals surface area contributed by atoms with Crippen molar-refractivity contribution in [3.63, 3.8) is 0 Å². The Kier molecular flexibility index (Phi) is 4.33. The predicted molar refractivity (Wildman–Crippen MR) is 77.8 cm³/mol. The number of aryl methyl sites for hydroxylation is 2. The molecule has 100 valence electrons. The molecule has 0 aromatic heterocycles. The average molecular weight is 257 g/mol. The molecule has 1 unspecified atom stereocenters. The minimum atomic E-state index is -0.176. The highest BCUT2D eigenvalue weighted by atomic mass is 19.1. The van der Waals surface area contributed by atoms with E-state index in [4.69, 9.17) is 0 Å². The van der Waals surface area contributed by atoms with Crippen LogP contribution in [0.25, 0.3) is 0 Å². The molecule has 0 bridgehead atoms. The number of rotatable bonds is 4. The van der Waals surface area contributed by atoms with Crippen LogP contribution in [0.1, 0.15) is 28.3 Å². The van der Waals surface area contributed by atoms with Gasteiger partial charge in [-0.2, -0.15) is 0 Å². The van der Waals surface area contributed by atoms with Gasteiger partial charge in [0.2, 0.25) is 0 Å². The summed E-state index contributed by atoms with van der Waals surface area (Å²) in [4.78, 5) is 0. The molecule has 2 rings (SSSR count). The summed E-state index contributed by atoms with van der Waals surface area (Å²) >= 11 is 0. The minimum absolute atomic E-state index is 0.137. The Hall–Kier alpha value is -1.67. The van der Waals surface area contributed by atoms with Gasteiger partial charge in [0.05, 0.1) is 0 Å². The molecule has 2 heteroatoms. The molecule has 2 aromatic rings. The third-order valence-corrected chi connectivity index (χ3v) is 3.53. The highest BCUT2D eigenvalue weighted by Crippen LogP contribution is 2.22. The van der Waals surface area contributed by atoms with Crippen molar-refractivity contribution in [2.75, 3.05) is 7.05 Å². The first-order valence-electron chi connectivity index (χ1n) is 6.59. The van der Waals surface area contributed by atoms with Crippen LogP contribution in [0.4, 0.5) is 4.39 Å². The number of nitrogens with one attached hydrogen (secondary N) is 1. The molecule has 1 atom stereocenters. The molecule has 0 aliphatic carbocycles. The zero-order chi connectivity index (χ0) is 13.8. The quantitative estimate of drug-likeness (QED) is 0.874. The van der Waals surface area contributed by atoms with Crippen molar-refractivity contribution in [3.8, 4) is 0 Å². The van der Waals surface area contributed by atoms with Gasteiger partial charge in [-0.3, -0.25) is 0 Å². The lowest BCUT2D eigenvalue weighted by Crippen LogP contribution is -2.20. The highest BCUT2D eigenvalue weighted by Gasteiger charge is 2.13. The fraction of sp³-hybridized carbons (Fsp3) is 0.294. The van der Waals surface area contributed by atoms with Crippen molar-refractivity contribution in [2.45, 2.75) is 26.3 Å². The molecular weight excluding hydrogens is 237 g/mol. The average Bonchev–Trinajstić information content (AvgIpc) is 2.41. The van der Waals surface area contributed by atoms with Gasteiger partial charge in [0.25, 0.3) is 0 Å². The molecule has 0 amide bonds. The Morgan fingerprint density at radius 1 is 1.05 bits per heavy atom. The number of hydrogen-bond acceptors (Lipinski definition) is 1. The van der Waals surface area contributed by atoms with E-state index in [1.54, 1.807) is 6.07 Å². The fourth-order valence-electron chi connectivity index (χ4n) is 2.31. The van der Waals surface area contributed by atoms with Gasteiger partial charge in [0, 0.05) is 6.04 Å². The Morgan fingerprint density at radius 2 is 1.74 bits per heavy atom. The van der Waals surface area contributed by atoms with Crippen LogP contribution < -0.4 is 5.32 Å². The van der Waals surface area contributed by atoms with Crippen LogP contribution in [-0.4, -0.2) is 7.05 Å². The van der Waals surface area contributed by atoms with Crippen LogP contribution in [0.3, 0.4) is 0 Å². The Morgan fingerprint density at radius 3 is 2.37 bits per heavy atom. The van der Waals surface area contributed by atoms with Crippen LogP contribution in [0, 0.1) is 19.7 Å². The van der Waals surface area contributed by atoms with E-state index in [9.17, 15) is 4.39 Å². The standard InChI is InChI=1S/C17H20FN/c1-12-4-7-14(8-5-12)10-17(19-3)16-11-15(18)9-6-13(16)2/h4-9,11,17,19H,10H2,1-3H3. The predicted octanol–water partition coefficient (Wildman–Crippen LogP) is 3.95. The van der Waals surface area contributed by atoms with Gasteiger partial charge in [-0.05, 0) is 56.1 Å². The number of halogens is 1. The normalized spacial score (nSPS) is 12.4. The zero-order valence-corrected chi connectivity index (χ0v) is 11.7. The Bertz CT molecular complexity index is 546. The fourth-order valence-corrected chi connectivity index (χ4v) is 2.31. The second-order valence-corrected chi connectivity index (χ2v) is 5.03. The lowest BCUT2D eigenvalue weighted by Gasteiger charge is -2.19. The minimum Gasteiger partial charge on any atom is -0.313 e. The number of hydrogen-bond donors (Lipinski definition) is 1. The van der Waals surface area contributed by atoms with Crippen molar-refractivity contribution >= 4 is 0 Å². The summed E-state index contributed by atoms with van der Waals surface area (Å²) < 4.78 is 13.4. The summed E-state index contributed by atoms with van der Waals surface area (Å²) in [6.45, 7) is 4.10. The lowest BCUT2D eigenvalue weighted by molar-refractivity contribution is 0.574. The lowest BCUT2D eigenvalue weighted by atomic mass is 9.95. The zero-order valence-electron chi connectivity index (χ0n) is 11.7. The number of benzene rings is 2. The molecule has 0 aliphatic heterocycles. The van der Waals surface area contributed by atoms with E-state index < -0.39 is 0 Å². The monoisotopic (exact) mass is 257 g/mol. The maximum atomic E-state index is 13.4. The van der Waals surface area contributed by atoms with Gasteiger partial charge in [0.1, 0.15) is 5.82 Å². The largest absolute Gasteiger partial charge is 0.313 e. The summed E-state index contributed by atoms with van der Waals surface area (Å²) in [5.41, 5.74) is 4.66. The van der Waals surface area contributed by atoms with E-state index in [1.165, 1.54) is 17.2 Å². The van der Waals surface area contributed by atoms with E-state index in [2.05, 4.69) is 36.5 Å². The van der Waals surface area contributed by atoms with Crippen LogP contribution >= 0.6 is 0 Å². The molecule has 1 N–H and O–H groups in total. The van der Waals surface area contributed by atoms with E-state index in [-0.39, 0.29) is 11.9 Å². The van der Waals surface area contributed by atoms with E-state index in [0.29, 0.717) is 0 Å². The first-order valence-corrected chi connectivity index (χ1v) is 6.59. The summed E-state index contributed by atoms with van der Waals surface area (Å²) in [5, 5.41) is 3.28. The maximum Gasteiger partial charge on any atom is 0.123 e. The van der Waals surface area contributed by atoms with Crippen molar-refractivity contribution in [1.29, 1.82) is 0 Å². The first kappa shape index (κ1) is 13.8. The molecule has 1 nitrogen and oxygen atoms in total. The van der Waals surface area contributed by atoms with Crippen LogP contribution in [0.5, 0.6) is 0 Å². The van der Waals surface area contributed by atoms with Gasteiger partial charge < -0.3 is 5.32 Å². The van der Waals surface area contributed by atoms with Gasteiger partial charge in [-0.25, -0.2) is 4.39 Å². The number of likely N-dealkylation sites (N-methyl/N-ethyl adjacent to an activating group) is 1. The summed E-state index contributed by atoms with van der Waals surface area (Å²) in [6.07, 6.45) is 0.862. The Labute approximate surface area is 114 Å². The first-order chi connectivity index (χ1) is 9.10. The molecule has 2 aromatic carbocycles. The molecule has 0 saturated heterocycles. The van der Waals surface area contributed by atoms with E-state index in [0.717, 1.165) is 17.5 Å². The third-order valence-electron chi connectivity index (χ3n) is 3.53. The molecule has 19 heavy (non-hydrogen) atoms. The summed E-state index contributed by atoms with van der Waals surface area (Å²) in [5.74, 6) is -0.176. The third kappa shape index (κ3) is 3.42. The van der Waals surface area contributed by atoms with Crippen LogP contribution in [0.15, 0.2) is 42.5 Å². The summed E-state index contributed by atoms with van der Waals surface area (Å²) in [7, 11) is 1.92. The van der Waals surface area contributed by atoms with Crippen molar-refractivity contribution in [2.24, 2.45) is 0 Å². The van der Waals surface area contributed by atoms with Gasteiger partial charge in [0.15, 0.2) is 0 Å². The van der Waals surface area contributed by atoms with Gasteiger partial charge in [-0.1, -0.05) is 35.9 Å². The molecule has 0 heterocycles. The molecular formula is C17H20FN.